The van der Waals surface area contributed by atoms with E-state index < -0.39 is 0 Å². The maximum absolute atomic E-state index is 12.8. The minimum absolute atomic E-state index is 0.248. The van der Waals surface area contributed by atoms with Gasteiger partial charge in [0.2, 0.25) is 0 Å². The monoisotopic (exact) mass is 355 g/mol. The second-order valence-electron chi connectivity index (χ2n) is 6.87. The number of hydrogen-bond acceptors (Lipinski definition) is 2. The van der Waals surface area contributed by atoms with Crippen LogP contribution in [0.4, 0.5) is 5.69 Å². The van der Waals surface area contributed by atoms with Crippen LogP contribution in [0, 0.1) is 0 Å². The predicted molar refractivity (Wildman–Crippen MR) is 104 cm³/mol. The Morgan fingerprint density at radius 3 is 2.24 bits per heavy atom. The largest absolute Gasteiger partial charge is 0.451 e. The first-order chi connectivity index (χ1) is 11.9. The van der Waals surface area contributed by atoms with Gasteiger partial charge in [0, 0.05) is 16.1 Å². The summed E-state index contributed by atoms with van der Waals surface area (Å²) < 4.78 is 5.69. The van der Waals surface area contributed by atoms with Crippen LogP contribution in [0.25, 0.3) is 11.0 Å². The number of carbonyl (C=O) groups excluding carboxylic acids is 1. The highest BCUT2D eigenvalue weighted by Gasteiger charge is 2.19. The normalized spacial score (nSPS) is 11.5. The Balaban J connectivity index is 1.99. The van der Waals surface area contributed by atoms with E-state index in [-0.39, 0.29) is 11.7 Å². The smallest absolute Gasteiger partial charge is 0.291 e. The van der Waals surface area contributed by atoms with Crippen molar-refractivity contribution in [2.24, 2.45) is 0 Å². The zero-order valence-electron chi connectivity index (χ0n) is 14.9. The molecule has 1 aromatic heterocycles. The molecule has 130 valence electrons. The first-order valence-electron chi connectivity index (χ1n) is 8.50. The van der Waals surface area contributed by atoms with E-state index in [0.29, 0.717) is 22.4 Å². The van der Waals surface area contributed by atoms with Crippen molar-refractivity contribution in [3.05, 3.63) is 64.4 Å². The molecule has 3 nitrogen and oxygen atoms in total. The molecule has 0 radical (unpaired) electrons. The van der Waals surface area contributed by atoms with Gasteiger partial charge in [-0.1, -0.05) is 57.5 Å². The average molecular weight is 356 g/mol. The molecule has 0 saturated carbocycles. The maximum Gasteiger partial charge on any atom is 0.291 e. The summed E-state index contributed by atoms with van der Waals surface area (Å²) in [5.74, 6) is 0.653. The molecule has 0 unspecified atom stereocenters. The van der Waals surface area contributed by atoms with Crippen molar-refractivity contribution in [1.29, 1.82) is 0 Å². The first-order valence-corrected chi connectivity index (χ1v) is 8.88. The average Bonchev–Trinajstić information content (AvgIpc) is 2.97. The maximum atomic E-state index is 12.8. The number of para-hydroxylation sites is 1. The lowest BCUT2D eigenvalue weighted by Gasteiger charge is -2.19. The number of anilines is 1. The zero-order chi connectivity index (χ0) is 18.1. The summed E-state index contributed by atoms with van der Waals surface area (Å²) in [5, 5.41) is 4.50. The minimum Gasteiger partial charge on any atom is -0.451 e. The van der Waals surface area contributed by atoms with Gasteiger partial charge in [-0.2, -0.15) is 0 Å². The van der Waals surface area contributed by atoms with Gasteiger partial charge in [0.25, 0.3) is 5.91 Å². The Kier molecular flexibility index (Phi) is 4.87. The van der Waals surface area contributed by atoms with Gasteiger partial charge in [-0.15, -0.1) is 0 Å². The summed E-state index contributed by atoms with van der Waals surface area (Å²) in [4.78, 5) is 12.8. The Labute approximate surface area is 153 Å². The Hall–Kier alpha value is -2.26. The SMILES string of the molecule is CC(C)c1cccc(C(C)C)c1NC(=O)c1cc2cc(Cl)ccc2o1. The van der Waals surface area contributed by atoms with Crippen LogP contribution in [-0.4, -0.2) is 5.91 Å². The highest BCUT2D eigenvalue weighted by Crippen LogP contribution is 2.33. The number of nitrogens with one attached hydrogen (secondary N) is 1. The first kappa shape index (κ1) is 17.6. The molecule has 0 aliphatic rings. The van der Waals surface area contributed by atoms with Crippen LogP contribution < -0.4 is 5.32 Å². The molecule has 2 aromatic carbocycles. The molecule has 0 atom stereocenters. The van der Waals surface area contributed by atoms with Crippen molar-refractivity contribution < 1.29 is 9.21 Å². The molecule has 0 saturated heterocycles. The summed E-state index contributed by atoms with van der Waals surface area (Å²) in [5.41, 5.74) is 3.78. The van der Waals surface area contributed by atoms with Gasteiger partial charge in [-0.25, -0.2) is 0 Å². The molecule has 1 heterocycles. The fourth-order valence-corrected chi connectivity index (χ4v) is 3.18. The van der Waals surface area contributed by atoms with Crippen molar-refractivity contribution in [2.45, 2.75) is 39.5 Å². The van der Waals surface area contributed by atoms with Crippen molar-refractivity contribution in [3.8, 4) is 0 Å². The van der Waals surface area contributed by atoms with Crippen molar-refractivity contribution in [2.75, 3.05) is 5.32 Å². The van der Waals surface area contributed by atoms with E-state index >= 15 is 0 Å². The Morgan fingerprint density at radius 2 is 1.64 bits per heavy atom. The van der Waals surface area contributed by atoms with Crippen LogP contribution in [0.1, 0.15) is 61.2 Å². The standard InChI is InChI=1S/C21H22ClNO2/c1-12(2)16-6-5-7-17(13(3)4)20(16)23-21(24)19-11-14-10-15(22)8-9-18(14)25-19/h5-13H,1-4H3,(H,23,24). The number of carbonyl (C=O) groups is 1. The van der Waals surface area contributed by atoms with E-state index in [1.807, 2.05) is 6.07 Å². The lowest BCUT2D eigenvalue weighted by Crippen LogP contribution is -2.15. The quantitative estimate of drug-likeness (QED) is 0.573. The lowest BCUT2D eigenvalue weighted by atomic mass is 9.92. The van der Waals surface area contributed by atoms with Crippen LogP contribution in [0.15, 0.2) is 46.9 Å². The van der Waals surface area contributed by atoms with Gasteiger partial charge in [-0.3, -0.25) is 4.79 Å². The summed E-state index contributed by atoms with van der Waals surface area (Å²) >= 11 is 6.01. The van der Waals surface area contributed by atoms with E-state index in [0.717, 1.165) is 22.2 Å². The Morgan fingerprint density at radius 1 is 1.00 bits per heavy atom. The molecule has 0 aliphatic carbocycles. The van der Waals surface area contributed by atoms with E-state index in [9.17, 15) is 4.79 Å². The van der Waals surface area contributed by atoms with Gasteiger partial charge in [0.15, 0.2) is 5.76 Å². The van der Waals surface area contributed by atoms with Gasteiger partial charge >= 0.3 is 0 Å². The molecule has 1 amide bonds. The van der Waals surface area contributed by atoms with E-state index in [1.165, 1.54) is 0 Å². The second-order valence-corrected chi connectivity index (χ2v) is 7.30. The van der Waals surface area contributed by atoms with Gasteiger partial charge in [0.1, 0.15) is 5.58 Å². The molecule has 25 heavy (non-hydrogen) atoms. The molecule has 0 aliphatic heterocycles. The lowest BCUT2D eigenvalue weighted by molar-refractivity contribution is 0.0998. The number of hydrogen-bond donors (Lipinski definition) is 1. The fraction of sp³-hybridized carbons (Fsp3) is 0.286. The van der Waals surface area contributed by atoms with Crippen molar-refractivity contribution >= 4 is 34.2 Å². The van der Waals surface area contributed by atoms with Gasteiger partial charge < -0.3 is 9.73 Å². The molecule has 3 aromatic rings. The number of benzene rings is 2. The number of fused-ring (bicyclic) bond motifs is 1. The number of rotatable bonds is 4. The number of amides is 1. The van der Waals surface area contributed by atoms with E-state index in [1.54, 1.807) is 24.3 Å². The third-order valence-electron chi connectivity index (χ3n) is 4.31. The zero-order valence-corrected chi connectivity index (χ0v) is 15.6. The molecule has 1 N–H and O–H groups in total. The van der Waals surface area contributed by atoms with E-state index in [4.69, 9.17) is 16.0 Å². The summed E-state index contributed by atoms with van der Waals surface area (Å²) in [6.07, 6.45) is 0. The van der Waals surface area contributed by atoms with Gasteiger partial charge in [0.05, 0.1) is 0 Å². The summed E-state index contributed by atoms with van der Waals surface area (Å²) in [7, 11) is 0. The van der Waals surface area contributed by atoms with Gasteiger partial charge in [-0.05, 0) is 47.2 Å². The van der Waals surface area contributed by atoms with Crippen LogP contribution >= 0.6 is 11.6 Å². The third-order valence-corrected chi connectivity index (χ3v) is 4.55. The summed E-state index contributed by atoms with van der Waals surface area (Å²) in [6.45, 7) is 8.49. The van der Waals surface area contributed by atoms with Crippen LogP contribution in [0.2, 0.25) is 5.02 Å². The minimum atomic E-state index is -0.248. The molecular formula is C21H22ClNO2. The molecule has 3 rings (SSSR count). The highest BCUT2D eigenvalue weighted by atomic mass is 35.5. The predicted octanol–water partition coefficient (Wildman–Crippen LogP) is 6.59. The van der Waals surface area contributed by atoms with Crippen molar-refractivity contribution in [3.63, 3.8) is 0 Å². The highest BCUT2D eigenvalue weighted by molar-refractivity contribution is 6.31. The molecule has 0 fully saturated rings. The number of furan rings is 1. The third kappa shape index (κ3) is 3.57. The van der Waals surface area contributed by atoms with E-state index in [2.05, 4.69) is 45.1 Å². The van der Waals surface area contributed by atoms with Crippen LogP contribution in [-0.2, 0) is 0 Å². The fourth-order valence-electron chi connectivity index (χ4n) is 3.00. The summed E-state index contributed by atoms with van der Waals surface area (Å²) in [6, 6.07) is 13.2. The van der Waals surface area contributed by atoms with Crippen molar-refractivity contribution in [1.82, 2.24) is 0 Å². The van der Waals surface area contributed by atoms with Crippen LogP contribution in [0.3, 0.4) is 0 Å². The molecule has 4 heteroatoms. The number of halogens is 1. The topological polar surface area (TPSA) is 42.2 Å². The molecule has 0 bridgehead atoms. The molecular weight excluding hydrogens is 334 g/mol. The van der Waals surface area contributed by atoms with Crippen LogP contribution in [0.5, 0.6) is 0 Å². The molecule has 0 spiro atoms. The Bertz CT molecular complexity index is 899. The second kappa shape index (κ2) is 6.93.